The fourth-order valence-corrected chi connectivity index (χ4v) is 0.500. The van der Waals surface area contributed by atoms with Gasteiger partial charge < -0.3 is 5.11 Å². The highest BCUT2D eigenvalue weighted by molar-refractivity contribution is 4.31. The molecule has 0 aromatic rings. The minimum absolute atomic E-state index is 0.250. The largest absolute Gasteiger partial charge is 0.397 e. The van der Waals surface area contributed by atoms with E-state index in [2.05, 4.69) is 13.8 Å². The molecule has 1 nitrogen and oxygen atoms in total. The van der Waals surface area contributed by atoms with Crippen LogP contribution in [-0.4, -0.2) is 11.7 Å². The van der Waals surface area contributed by atoms with Gasteiger partial charge in [-0.3, -0.25) is 0 Å². The molecule has 0 aliphatic carbocycles. The number of aliphatic hydroxyl groups is 1. The first kappa shape index (κ1) is 11.7. The van der Waals surface area contributed by atoms with Crippen LogP contribution in [0.15, 0.2) is 0 Å². The molecule has 0 saturated heterocycles. The van der Waals surface area contributed by atoms with Crippen LogP contribution in [0.3, 0.4) is 0 Å². The predicted octanol–water partition coefficient (Wildman–Crippen LogP) is 2.59. The second-order valence-corrected chi connectivity index (χ2v) is 2.02. The Bertz CT molecular complexity index is 23.7. The lowest BCUT2D eigenvalue weighted by Gasteiger charge is -1.86. The summed E-state index contributed by atoms with van der Waals surface area (Å²) < 4.78 is 0. The quantitative estimate of drug-likeness (QED) is 0.585. The van der Waals surface area contributed by atoms with E-state index in [0.717, 1.165) is 0 Å². The lowest BCUT2D eigenvalue weighted by molar-refractivity contribution is 0.318. The average molecular weight is 132 g/mol. The maximum Gasteiger partial charge on any atom is 0.0402 e. The van der Waals surface area contributed by atoms with E-state index in [1.165, 1.54) is 25.7 Å². The summed E-state index contributed by atoms with van der Waals surface area (Å²) in [6.45, 7) is 6.39. The van der Waals surface area contributed by atoms with Crippen molar-refractivity contribution in [1.29, 1.82) is 0 Å². The zero-order valence-electron chi connectivity index (χ0n) is 6.98. The Kier molecular flexibility index (Phi) is 20.4. The maximum absolute atomic E-state index is 7.57. The first-order valence-corrected chi connectivity index (χ1v) is 3.94. The summed E-state index contributed by atoms with van der Waals surface area (Å²) >= 11 is 0. The molecule has 1 heteroatoms. The molecule has 58 valence electrons. The van der Waals surface area contributed by atoms with Gasteiger partial charge in [0.25, 0.3) is 0 Å². The van der Waals surface area contributed by atoms with Crippen LogP contribution < -0.4 is 0 Å². The van der Waals surface area contributed by atoms with Gasteiger partial charge in [0.05, 0.1) is 0 Å². The first-order chi connectivity index (χ1) is 4.33. The Labute approximate surface area is 59.1 Å². The fourth-order valence-electron chi connectivity index (χ4n) is 0.500. The van der Waals surface area contributed by atoms with Crippen molar-refractivity contribution in [3.05, 3.63) is 0 Å². The van der Waals surface area contributed by atoms with Crippen molar-refractivity contribution in [3.63, 3.8) is 0 Å². The third kappa shape index (κ3) is 32.3. The summed E-state index contributed by atoms with van der Waals surface area (Å²) in [7, 11) is 0. The molecular formula is C8H20O. The SMILES string of the molecule is CCCCCC.CCO. The zero-order valence-corrected chi connectivity index (χ0v) is 6.98. The van der Waals surface area contributed by atoms with Gasteiger partial charge in [0.2, 0.25) is 0 Å². The molecule has 0 rings (SSSR count). The second-order valence-electron chi connectivity index (χ2n) is 2.02. The summed E-state index contributed by atoms with van der Waals surface area (Å²) in [5, 5.41) is 7.57. The standard InChI is InChI=1S/C6H14.C2H6O/c1-3-5-6-4-2;1-2-3/h3-6H2,1-2H3;3H,2H2,1H3. The Balaban J connectivity index is 0. The van der Waals surface area contributed by atoms with E-state index in [1.54, 1.807) is 6.92 Å². The minimum atomic E-state index is 0.250. The van der Waals surface area contributed by atoms with Crippen LogP contribution in [0.25, 0.3) is 0 Å². The van der Waals surface area contributed by atoms with Crippen molar-refractivity contribution in [1.82, 2.24) is 0 Å². The molecule has 0 radical (unpaired) electrons. The highest BCUT2D eigenvalue weighted by Gasteiger charge is 1.75. The van der Waals surface area contributed by atoms with Crippen LogP contribution in [0.2, 0.25) is 0 Å². The number of unbranched alkanes of at least 4 members (excludes halogenated alkanes) is 3. The molecule has 0 aliphatic rings. The van der Waals surface area contributed by atoms with Crippen LogP contribution in [0.1, 0.15) is 46.5 Å². The van der Waals surface area contributed by atoms with Crippen molar-refractivity contribution in [3.8, 4) is 0 Å². The molecule has 0 spiro atoms. The molecule has 0 aromatic heterocycles. The second kappa shape index (κ2) is 15.7. The van der Waals surface area contributed by atoms with Gasteiger partial charge in [-0.25, -0.2) is 0 Å². The van der Waals surface area contributed by atoms with Crippen molar-refractivity contribution in [2.75, 3.05) is 6.61 Å². The summed E-state index contributed by atoms with van der Waals surface area (Å²) in [6, 6.07) is 0. The molecular weight excluding hydrogens is 112 g/mol. The normalized spacial score (nSPS) is 8.00. The van der Waals surface area contributed by atoms with Crippen LogP contribution in [0, 0.1) is 0 Å². The average Bonchev–Trinajstić information content (AvgIpc) is 1.86. The Morgan fingerprint density at radius 3 is 1.22 bits per heavy atom. The van der Waals surface area contributed by atoms with Gasteiger partial charge in [-0.1, -0.05) is 39.5 Å². The van der Waals surface area contributed by atoms with Crippen LogP contribution in [0.4, 0.5) is 0 Å². The van der Waals surface area contributed by atoms with Gasteiger partial charge >= 0.3 is 0 Å². The lowest BCUT2D eigenvalue weighted by atomic mass is 10.2. The number of rotatable bonds is 3. The molecule has 0 aliphatic heterocycles. The number of hydrogen-bond donors (Lipinski definition) is 1. The highest BCUT2D eigenvalue weighted by Crippen LogP contribution is 1.95. The fraction of sp³-hybridized carbons (Fsp3) is 1.00. The topological polar surface area (TPSA) is 20.2 Å². The van der Waals surface area contributed by atoms with E-state index >= 15 is 0 Å². The Morgan fingerprint density at radius 2 is 1.11 bits per heavy atom. The van der Waals surface area contributed by atoms with Gasteiger partial charge in [0.15, 0.2) is 0 Å². The van der Waals surface area contributed by atoms with Gasteiger partial charge in [-0.2, -0.15) is 0 Å². The van der Waals surface area contributed by atoms with E-state index in [9.17, 15) is 0 Å². The van der Waals surface area contributed by atoms with Gasteiger partial charge in [-0.15, -0.1) is 0 Å². The summed E-state index contributed by atoms with van der Waals surface area (Å²) in [5.74, 6) is 0. The third-order valence-electron chi connectivity index (χ3n) is 0.957. The maximum atomic E-state index is 7.57. The van der Waals surface area contributed by atoms with Crippen LogP contribution >= 0.6 is 0 Å². The Hall–Kier alpha value is -0.0400. The molecule has 0 heterocycles. The van der Waals surface area contributed by atoms with Crippen molar-refractivity contribution < 1.29 is 5.11 Å². The van der Waals surface area contributed by atoms with Gasteiger partial charge in [-0.05, 0) is 6.92 Å². The molecule has 0 fully saturated rings. The molecule has 1 N–H and O–H groups in total. The minimum Gasteiger partial charge on any atom is -0.397 e. The van der Waals surface area contributed by atoms with E-state index in [0.29, 0.717) is 0 Å². The summed E-state index contributed by atoms with van der Waals surface area (Å²) in [5.41, 5.74) is 0. The first-order valence-electron chi connectivity index (χ1n) is 3.94. The molecule has 0 saturated carbocycles. The molecule has 0 atom stereocenters. The smallest absolute Gasteiger partial charge is 0.0402 e. The molecule has 0 aromatic carbocycles. The van der Waals surface area contributed by atoms with Crippen molar-refractivity contribution in [2.24, 2.45) is 0 Å². The predicted molar refractivity (Wildman–Crippen MR) is 42.6 cm³/mol. The molecule has 0 amide bonds. The van der Waals surface area contributed by atoms with E-state index in [4.69, 9.17) is 5.11 Å². The van der Waals surface area contributed by atoms with Crippen LogP contribution in [0.5, 0.6) is 0 Å². The highest BCUT2D eigenvalue weighted by atomic mass is 16.2. The van der Waals surface area contributed by atoms with Crippen molar-refractivity contribution in [2.45, 2.75) is 46.5 Å². The monoisotopic (exact) mass is 132 g/mol. The summed E-state index contributed by atoms with van der Waals surface area (Å²) in [6.07, 6.45) is 5.54. The lowest BCUT2D eigenvalue weighted by Crippen LogP contribution is -1.66. The molecule has 0 unspecified atom stereocenters. The number of hydrogen-bond acceptors (Lipinski definition) is 1. The van der Waals surface area contributed by atoms with E-state index in [1.807, 2.05) is 0 Å². The Morgan fingerprint density at radius 1 is 0.889 bits per heavy atom. The van der Waals surface area contributed by atoms with E-state index < -0.39 is 0 Å². The van der Waals surface area contributed by atoms with Crippen LogP contribution in [-0.2, 0) is 0 Å². The van der Waals surface area contributed by atoms with Crippen molar-refractivity contribution >= 4 is 0 Å². The zero-order chi connectivity index (χ0) is 7.54. The molecule has 9 heavy (non-hydrogen) atoms. The summed E-state index contributed by atoms with van der Waals surface area (Å²) in [4.78, 5) is 0. The number of aliphatic hydroxyl groups excluding tert-OH is 1. The van der Waals surface area contributed by atoms with Gasteiger partial charge in [0.1, 0.15) is 0 Å². The van der Waals surface area contributed by atoms with E-state index in [-0.39, 0.29) is 6.61 Å². The molecule has 0 bridgehead atoms. The van der Waals surface area contributed by atoms with Gasteiger partial charge in [0, 0.05) is 6.61 Å². The third-order valence-corrected chi connectivity index (χ3v) is 0.957.